The van der Waals surface area contributed by atoms with Gasteiger partial charge >= 0.3 is 0 Å². The topological polar surface area (TPSA) is 54.0 Å². The molecular formula is C20H18BrN3O. The number of aromatic nitrogens is 1. The first-order valence-corrected chi connectivity index (χ1v) is 8.72. The Kier molecular flexibility index (Phi) is 5.46. The number of halogens is 1. The largest absolute Gasteiger partial charge is 0.340 e. The summed E-state index contributed by atoms with van der Waals surface area (Å²) in [4.78, 5) is 16.5. The SMILES string of the molecule is Cc1cccc(CC(=O)Nc2ccc(Nc3ccc(Br)cc3)nc2)c1. The Morgan fingerprint density at radius 3 is 2.48 bits per heavy atom. The van der Waals surface area contributed by atoms with Crippen molar-refractivity contribution in [2.45, 2.75) is 13.3 Å². The van der Waals surface area contributed by atoms with E-state index in [1.165, 1.54) is 0 Å². The number of pyridine rings is 1. The van der Waals surface area contributed by atoms with Gasteiger partial charge in [-0.05, 0) is 48.9 Å². The Hall–Kier alpha value is -2.66. The van der Waals surface area contributed by atoms with Gasteiger partial charge in [0.25, 0.3) is 0 Å². The molecule has 0 spiro atoms. The van der Waals surface area contributed by atoms with Crippen molar-refractivity contribution < 1.29 is 4.79 Å². The zero-order chi connectivity index (χ0) is 17.6. The Morgan fingerprint density at radius 2 is 1.80 bits per heavy atom. The lowest BCUT2D eigenvalue weighted by Gasteiger charge is -2.08. The number of benzene rings is 2. The van der Waals surface area contributed by atoms with Gasteiger partial charge in [0.1, 0.15) is 5.82 Å². The minimum atomic E-state index is -0.0546. The summed E-state index contributed by atoms with van der Waals surface area (Å²) in [6, 6.07) is 19.5. The molecule has 2 N–H and O–H groups in total. The molecule has 0 bridgehead atoms. The second-order valence-electron chi connectivity index (χ2n) is 5.78. The third-order valence-electron chi connectivity index (χ3n) is 3.61. The van der Waals surface area contributed by atoms with E-state index in [1.54, 1.807) is 6.20 Å². The van der Waals surface area contributed by atoms with Crippen LogP contribution in [0.25, 0.3) is 0 Å². The van der Waals surface area contributed by atoms with Crippen molar-refractivity contribution in [3.8, 4) is 0 Å². The molecule has 3 rings (SSSR count). The highest BCUT2D eigenvalue weighted by Crippen LogP contribution is 2.19. The molecule has 0 unspecified atom stereocenters. The standard InChI is InChI=1S/C20H18BrN3O/c1-14-3-2-4-15(11-14)12-20(25)24-18-9-10-19(22-13-18)23-17-7-5-16(21)6-8-17/h2-11,13H,12H2,1H3,(H,22,23)(H,24,25). The second-order valence-corrected chi connectivity index (χ2v) is 6.69. The van der Waals surface area contributed by atoms with Crippen LogP contribution in [0.15, 0.2) is 71.3 Å². The fraction of sp³-hybridized carbons (Fsp3) is 0.100. The molecule has 1 aromatic heterocycles. The van der Waals surface area contributed by atoms with Gasteiger partial charge in [-0.1, -0.05) is 45.8 Å². The van der Waals surface area contributed by atoms with Crippen LogP contribution in [-0.2, 0) is 11.2 Å². The van der Waals surface area contributed by atoms with Gasteiger partial charge in [-0.15, -0.1) is 0 Å². The summed E-state index contributed by atoms with van der Waals surface area (Å²) >= 11 is 3.41. The van der Waals surface area contributed by atoms with Crippen LogP contribution < -0.4 is 10.6 Å². The van der Waals surface area contributed by atoms with Crippen LogP contribution in [0.5, 0.6) is 0 Å². The average Bonchev–Trinajstić information content (AvgIpc) is 2.59. The van der Waals surface area contributed by atoms with Crippen LogP contribution in [0.2, 0.25) is 0 Å². The van der Waals surface area contributed by atoms with Crippen molar-refractivity contribution in [3.63, 3.8) is 0 Å². The Balaban J connectivity index is 1.58. The monoisotopic (exact) mass is 395 g/mol. The Morgan fingerprint density at radius 1 is 1.04 bits per heavy atom. The maximum absolute atomic E-state index is 12.1. The van der Waals surface area contributed by atoms with Gasteiger partial charge in [-0.25, -0.2) is 4.98 Å². The highest BCUT2D eigenvalue weighted by atomic mass is 79.9. The Bertz CT molecular complexity index is 861. The second kappa shape index (κ2) is 7.94. The van der Waals surface area contributed by atoms with Crippen LogP contribution in [-0.4, -0.2) is 10.9 Å². The van der Waals surface area contributed by atoms with E-state index in [9.17, 15) is 4.79 Å². The number of hydrogen-bond donors (Lipinski definition) is 2. The highest BCUT2D eigenvalue weighted by molar-refractivity contribution is 9.10. The molecule has 5 heteroatoms. The molecule has 0 atom stereocenters. The maximum atomic E-state index is 12.1. The van der Waals surface area contributed by atoms with E-state index in [2.05, 4.69) is 31.5 Å². The summed E-state index contributed by atoms with van der Waals surface area (Å²) in [7, 11) is 0. The van der Waals surface area contributed by atoms with E-state index in [0.29, 0.717) is 12.1 Å². The van der Waals surface area contributed by atoms with Gasteiger partial charge in [-0.3, -0.25) is 4.79 Å². The van der Waals surface area contributed by atoms with Crippen LogP contribution in [0, 0.1) is 6.92 Å². The summed E-state index contributed by atoms with van der Waals surface area (Å²) < 4.78 is 1.03. The molecule has 2 aromatic carbocycles. The molecule has 1 heterocycles. The number of aryl methyl sites for hydroxylation is 1. The lowest BCUT2D eigenvalue weighted by atomic mass is 10.1. The van der Waals surface area contributed by atoms with Gasteiger partial charge in [-0.2, -0.15) is 0 Å². The Labute approximate surface area is 155 Å². The predicted molar refractivity (Wildman–Crippen MR) is 105 cm³/mol. The fourth-order valence-electron chi connectivity index (χ4n) is 2.44. The average molecular weight is 396 g/mol. The van der Waals surface area contributed by atoms with E-state index < -0.39 is 0 Å². The molecule has 4 nitrogen and oxygen atoms in total. The fourth-order valence-corrected chi connectivity index (χ4v) is 2.70. The van der Waals surface area contributed by atoms with Crippen LogP contribution >= 0.6 is 15.9 Å². The van der Waals surface area contributed by atoms with Crippen molar-refractivity contribution in [2.24, 2.45) is 0 Å². The number of nitrogens with one attached hydrogen (secondary N) is 2. The molecule has 0 radical (unpaired) electrons. The minimum absolute atomic E-state index is 0.0546. The quantitative estimate of drug-likeness (QED) is 0.633. The number of nitrogens with zero attached hydrogens (tertiary/aromatic N) is 1. The van der Waals surface area contributed by atoms with Crippen molar-refractivity contribution in [3.05, 3.63) is 82.5 Å². The molecule has 0 aliphatic heterocycles. The molecule has 0 fully saturated rings. The van der Waals surface area contributed by atoms with Crippen LogP contribution in [0.1, 0.15) is 11.1 Å². The van der Waals surface area contributed by atoms with Crippen LogP contribution in [0.4, 0.5) is 17.2 Å². The zero-order valence-corrected chi connectivity index (χ0v) is 15.4. The molecule has 126 valence electrons. The van der Waals surface area contributed by atoms with Crippen molar-refractivity contribution >= 4 is 39.0 Å². The summed E-state index contributed by atoms with van der Waals surface area (Å²) in [5, 5.41) is 6.09. The summed E-state index contributed by atoms with van der Waals surface area (Å²) in [6.07, 6.45) is 2.00. The van der Waals surface area contributed by atoms with Crippen molar-refractivity contribution in [1.29, 1.82) is 0 Å². The maximum Gasteiger partial charge on any atom is 0.228 e. The van der Waals surface area contributed by atoms with Crippen molar-refractivity contribution in [2.75, 3.05) is 10.6 Å². The van der Waals surface area contributed by atoms with E-state index in [4.69, 9.17) is 0 Å². The minimum Gasteiger partial charge on any atom is -0.340 e. The smallest absolute Gasteiger partial charge is 0.228 e. The first-order chi connectivity index (χ1) is 12.1. The number of amides is 1. The molecule has 0 saturated carbocycles. The lowest BCUT2D eigenvalue weighted by Crippen LogP contribution is -2.14. The van der Waals surface area contributed by atoms with E-state index in [-0.39, 0.29) is 5.91 Å². The molecule has 25 heavy (non-hydrogen) atoms. The van der Waals surface area contributed by atoms with Gasteiger partial charge in [0, 0.05) is 10.2 Å². The van der Waals surface area contributed by atoms with Gasteiger partial charge < -0.3 is 10.6 Å². The first-order valence-electron chi connectivity index (χ1n) is 7.92. The third kappa shape index (κ3) is 5.16. The number of carbonyl (C=O) groups excluding carboxylic acids is 1. The number of carbonyl (C=O) groups is 1. The molecule has 3 aromatic rings. The summed E-state index contributed by atoms with van der Waals surface area (Å²) in [5.41, 5.74) is 3.78. The van der Waals surface area contributed by atoms with E-state index in [1.807, 2.05) is 67.6 Å². The highest BCUT2D eigenvalue weighted by Gasteiger charge is 2.05. The number of anilines is 3. The lowest BCUT2D eigenvalue weighted by molar-refractivity contribution is -0.115. The first kappa shape index (κ1) is 17.2. The zero-order valence-electron chi connectivity index (χ0n) is 13.8. The predicted octanol–water partition coefficient (Wildman–Crippen LogP) is 5.08. The molecule has 0 saturated heterocycles. The van der Waals surface area contributed by atoms with Crippen LogP contribution in [0.3, 0.4) is 0 Å². The molecule has 0 aliphatic carbocycles. The molecule has 1 amide bonds. The van der Waals surface area contributed by atoms with Crippen molar-refractivity contribution in [1.82, 2.24) is 4.98 Å². The third-order valence-corrected chi connectivity index (χ3v) is 4.14. The van der Waals surface area contributed by atoms with E-state index in [0.717, 1.165) is 27.1 Å². The van der Waals surface area contributed by atoms with Gasteiger partial charge in [0.05, 0.1) is 18.3 Å². The van der Waals surface area contributed by atoms with Gasteiger partial charge in [0.2, 0.25) is 5.91 Å². The molecular weight excluding hydrogens is 378 g/mol. The van der Waals surface area contributed by atoms with Gasteiger partial charge in [0.15, 0.2) is 0 Å². The summed E-state index contributed by atoms with van der Waals surface area (Å²) in [6.45, 7) is 2.02. The number of hydrogen-bond acceptors (Lipinski definition) is 3. The molecule has 0 aliphatic rings. The number of rotatable bonds is 5. The summed E-state index contributed by atoms with van der Waals surface area (Å²) in [5.74, 6) is 0.667. The normalized spacial score (nSPS) is 10.3. The van der Waals surface area contributed by atoms with E-state index >= 15 is 0 Å².